The minimum atomic E-state index is 0.507. The van der Waals surface area contributed by atoms with E-state index >= 15 is 0 Å². The van der Waals surface area contributed by atoms with Crippen LogP contribution in [0.2, 0.25) is 0 Å². The molecule has 1 saturated heterocycles. The number of pyridine rings is 1. The summed E-state index contributed by atoms with van der Waals surface area (Å²) in [5.74, 6) is 0.507. The summed E-state index contributed by atoms with van der Waals surface area (Å²) in [6.45, 7) is 7.81. The molecular formula is C17H28N4. The Morgan fingerprint density at radius 3 is 2.62 bits per heavy atom. The summed E-state index contributed by atoms with van der Waals surface area (Å²) in [5, 5.41) is 3.60. The summed E-state index contributed by atoms with van der Waals surface area (Å²) in [6, 6.07) is 0.727. The molecule has 3 heterocycles. The molecule has 0 amide bonds. The van der Waals surface area contributed by atoms with Gasteiger partial charge in [0, 0.05) is 36.9 Å². The molecule has 1 aromatic rings. The van der Waals surface area contributed by atoms with Gasteiger partial charge in [-0.05, 0) is 39.3 Å². The number of fused-ring (bicyclic) bond motifs is 1. The van der Waals surface area contributed by atoms with Crippen molar-refractivity contribution in [2.45, 2.75) is 45.1 Å². The number of piperidine rings is 1. The fourth-order valence-electron chi connectivity index (χ4n) is 3.68. The fourth-order valence-corrected chi connectivity index (χ4v) is 3.68. The highest BCUT2D eigenvalue weighted by molar-refractivity contribution is 5.76. The molecule has 4 nitrogen and oxygen atoms in total. The molecule has 1 fully saturated rings. The molecule has 2 aliphatic rings. The predicted octanol–water partition coefficient (Wildman–Crippen LogP) is 2.70. The molecule has 0 aromatic carbocycles. The van der Waals surface area contributed by atoms with Crippen molar-refractivity contribution in [3.63, 3.8) is 0 Å². The van der Waals surface area contributed by atoms with Crippen LogP contribution in [0.25, 0.3) is 0 Å². The Balaban J connectivity index is 1.83. The van der Waals surface area contributed by atoms with Gasteiger partial charge in [0.15, 0.2) is 0 Å². The van der Waals surface area contributed by atoms with Gasteiger partial charge < -0.3 is 15.1 Å². The van der Waals surface area contributed by atoms with Crippen LogP contribution in [0.4, 0.5) is 11.4 Å². The van der Waals surface area contributed by atoms with Crippen molar-refractivity contribution in [1.29, 1.82) is 0 Å². The molecule has 0 saturated carbocycles. The molecule has 0 unspecified atom stereocenters. The Morgan fingerprint density at radius 1 is 1.29 bits per heavy atom. The van der Waals surface area contributed by atoms with Gasteiger partial charge in [-0.15, -0.1) is 0 Å². The topological polar surface area (TPSA) is 31.4 Å². The fraction of sp³-hybridized carbons (Fsp3) is 0.706. The average molecular weight is 288 g/mol. The minimum Gasteiger partial charge on any atom is -0.383 e. The van der Waals surface area contributed by atoms with Gasteiger partial charge in [-0.3, -0.25) is 4.98 Å². The summed E-state index contributed by atoms with van der Waals surface area (Å²) in [6.07, 6.45) is 5.71. The molecule has 2 aliphatic heterocycles. The third kappa shape index (κ3) is 2.73. The molecule has 0 bridgehead atoms. The van der Waals surface area contributed by atoms with E-state index in [0.29, 0.717) is 5.92 Å². The summed E-state index contributed by atoms with van der Waals surface area (Å²) in [4.78, 5) is 9.67. The van der Waals surface area contributed by atoms with E-state index in [2.05, 4.69) is 49.3 Å². The summed E-state index contributed by atoms with van der Waals surface area (Å²) < 4.78 is 0. The lowest BCUT2D eigenvalue weighted by atomic mass is 9.99. The zero-order valence-corrected chi connectivity index (χ0v) is 13.8. The van der Waals surface area contributed by atoms with E-state index in [1.54, 1.807) is 0 Å². The molecule has 4 heteroatoms. The summed E-state index contributed by atoms with van der Waals surface area (Å²) in [7, 11) is 4.39. The van der Waals surface area contributed by atoms with Gasteiger partial charge in [0.25, 0.3) is 0 Å². The molecule has 21 heavy (non-hydrogen) atoms. The van der Waals surface area contributed by atoms with Crippen molar-refractivity contribution < 1.29 is 0 Å². The maximum absolute atomic E-state index is 4.79. The standard InChI is InChI=1S/C17H28N4/c1-12(2)16-14-5-8-18-17(14)15(11-19-16)21-9-6-13(7-10-21)20(3)4/h11-13,18H,5-10H2,1-4H3. The van der Waals surface area contributed by atoms with Gasteiger partial charge in [0.1, 0.15) is 0 Å². The molecule has 1 aromatic heterocycles. The lowest BCUT2D eigenvalue weighted by Gasteiger charge is -2.37. The predicted molar refractivity (Wildman–Crippen MR) is 89.4 cm³/mol. The van der Waals surface area contributed by atoms with Crippen LogP contribution in [0.1, 0.15) is 43.9 Å². The normalized spacial score (nSPS) is 19.2. The Kier molecular flexibility index (Phi) is 4.07. The molecular weight excluding hydrogens is 260 g/mol. The highest BCUT2D eigenvalue weighted by Gasteiger charge is 2.26. The monoisotopic (exact) mass is 288 g/mol. The lowest BCUT2D eigenvalue weighted by molar-refractivity contribution is 0.249. The number of nitrogens with one attached hydrogen (secondary N) is 1. The quantitative estimate of drug-likeness (QED) is 0.926. The molecule has 3 rings (SSSR count). The van der Waals surface area contributed by atoms with Gasteiger partial charge in [-0.2, -0.15) is 0 Å². The zero-order valence-electron chi connectivity index (χ0n) is 13.8. The van der Waals surface area contributed by atoms with Crippen molar-refractivity contribution in [1.82, 2.24) is 9.88 Å². The van der Waals surface area contributed by atoms with Gasteiger partial charge in [-0.1, -0.05) is 13.8 Å². The van der Waals surface area contributed by atoms with Crippen LogP contribution < -0.4 is 10.2 Å². The second-order valence-corrected chi connectivity index (χ2v) is 6.90. The van der Waals surface area contributed by atoms with Crippen LogP contribution in [-0.4, -0.2) is 49.7 Å². The van der Waals surface area contributed by atoms with E-state index in [1.165, 1.54) is 35.5 Å². The Labute approximate surface area is 128 Å². The lowest BCUT2D eigenvalue weighted by Crippen LogP contribution is -2.42. The SMILES string of the molecule is CC(C)c1ncc(N2CCC(N(C)C)CC2)c2c1CCN2. The number of nitrogens with zero attached hydrogens (tertiary/aromatic N) is 3. The van der Waals surface area contributed by atoms with Gasteiger partial charge in [0.2, 0.25) is 0 Å². The first-order valence-corrected chi connectivity index (χ1v) is 8.25. The Hall–Kier alpha value is -1.29. The van der Waals surface area contributed by atoms with Gasteiger partial charge in [-0.25, -0.2) is 0 Å². The van der Waals surface area contributed by atoms with E-state index in [-0.39, 0.29) is 0 Å². The number of aromatic nitrogens is 1. The molecule has 1 N–H and O–H groups in total. The molecule has 0 atom stereocenters. The maximum atomic E-state index is 4.79. The summed E-state index contributed by atoms with van der Waals surface area (Å²) in [5.41, 5.74) is 5.42. The maximum Gasteiger partial charge on any atom is 0.0791 e. The number of hydrogen-bond acceptors (Lipinski definition) is 4. The van der Waals surface area contributed by atoms with Gasteiger partial charge >= 0.3 is 0 Å². The highest BCUT2D eigenvalue weighted by atomic mass is 15.2. The van der Waals surface area contributed by atoms with E-state index in [0.717, 1.165) is 32.1 Å². The highest BCUT2D eigenvalue weighted by Crippen LogP contribution is 2.38. The van der Waals surface area contributed by atoms with Crippen molar-refractivity contribution in [2.24, 2.45) is 0 Å². The smallest absolute Gasteiger partial charge is 0.0791 e. The van der Waals surface area contributed by atoms with Crippen LogP contribution in [0.3, 0.4) is 0 Å². The minimum absolute atomic E-state index is 0.507. The third-order valence-electron chi connectivity index (χ3n) is 4.95. The molecule has 116 valence electrons. The first kappa shape index (κ1) is 14.6. The first-order chi connectivity index (χ1) is 10.1. The average Bonchev–Trinajstić information content (AvgIpc) is 2.95. The van der Waals surface area contributed by atoms with E-state index in [4.69, 9.17) is 4.98 Å². The molecule has 0 radical (unpaired) electrons. The van der Waals surface area contributed by atoms with Crippen LogP contribution in [0.15, 0.2) is 6.20 Å². The molecule has 0 spiro atoms. The number of anilines is 2. The van der Waals surface area contributed by atoms with Crippen molar-refractivity contribution >= 4 is 11.4 Å². The largest absolute Gasteiger partial charge is 0.383 e. The van der Waals surface area contributed by atoms with Crippen LogP contribution >= 0.6 is 0 Å². The number of rotatable bonds is 3. The van der Waals surface area contributed by atoms with Crippen molar-refractivity contribution in [3.05, 3.63) is 17.5 Å². The van der Waals surface area contributed by atoms with E-state index < -0.39 is 0 Å². The third-order valence-corrected chi connectivity index (χ3v) is 4.95. The van der Waals surface area contributed by atoms with Crippen LogP contribution in [-0.2, 0) is 6.42 Å². The Bertz CT molecular complexity index is 502. The van der Waals surface area contributed by atoms with Crippen LogP contribution in [0, 0.1) is 0 Å². The molecule has 0 aliphatic carbocycles. The van der Waals surface area contributed by atoms with Crippen LogP contribution in [0.5, 0.6) is 0 Å². The zero-order chi connectivity index (χ0) is 15.0. The number of hydrogen-bond donors (Lipinski definition) is 1. The second-order valence-electron chi connectivity index (χ2n) is 6.90. The first-order valence-electron chi connectivity index (χ1n) is 8.25. The van der Waals surface area contributed by atoms with E-state index in [1.807, 2.05) is 0 Å². The van der Waals surface area contributed by atoms with E-state index in [9.17, 15) is 0 Å². The van der Waals surface area contributed by atoms with Crippen molar-refractivity contribution in [2.75, 3.05) is 43.9 Å². The summed E-state index contributed by atoms with van der Waals surface area (Å²) >= 11 is 0. The van der Waals surface area contributed by atoms with Gasteiger partial charge in [0.05, 0.1) is 17.6 Å². The van der Waals surface area contributed by atoms with Crippen molar-refractivity contribution in [3.8, 4) is 0 Å². The Morgan fingerprint density at radius 2 is 2.00 bits per heavy atom. The second kappa shape index (κ2) is 5.84.